The number of piperidine rings is 1. The fourth-order valence-corrected chi connectivity index (χ4v) is 3.95. The molecule has 0 aromatic carbocycles. The Balaban J connectivity index is 1.77. The standard InChI is InChI=1S/C18H29N3O2S/c1-4-15-7-8-16(24-15)13-19-17(22)14-9-11-21(12-10-14)18(23)20(5-2)6-3/h7-8,14H,4-6,9-13H2,1-3H3,(H,19,22). The van der Waals surface area contributed by atoms with E-state index in [2.05, 4.69) is 24.4 Å². The van der Waals surface area contributed by atoms with E-state index in [1.54, 1.807) is 11.3 Å². The quantitative estimate of drug-likeness (QED) is 0.856. The van der Waals surface area contributed by atoms with E-state index in [1.165, 1.54) is 9.75 Å². The van der Waals surface area contributed by atoms with Gasteiger partial charge in [-0.05, 0) is 45.2 Å². The lowest BCUT2D eigenvalue weighted by Crippen LogP contribution is -2.48. The highest BCUT2D eigenvalue weighted by molar-refractivity contribution is 7.11. The first kappa shape index (κ1) is 18.8. The maximum absolute atomic E-state index is 12.4. The first-order chi connectivity index (χ1) is 11.6. The van der Waals surface area contributed by atoms with Crippen LogP contribution in [0.2, 0.25) is 0 Å². The second-order valence-corrected chi connectivity index (χ2v) is 7.41. The molecule has 1 N–H and O–H groups in total. The summed E-state index contributed by atoms with van der Waals surface area (Å²) in [5, 5.41) is 3.05. The van der Waals surface area contributed by atoms with Crippen molar-refractivity contribution < 1.29 is 9.59 Å². The van der Waals surface area contributed by atoms with Gasteiger partial charge >= 0.3 is 6.03 Å². The first-order valence-electron chi connectivity index (χ1n) is 8.98. The summed E-state index contributed by atoms with van der Waals surface area (Å²) in [6, 6.07) is 4.32. The van der Waals surface area contributed by atoms with Crippen molar-refractivity contribution in [3.8, 4) is 0 Å². The van der Waals surface area contributed by atoms with Crippen LogP contribution in [0.15, 0.2) is 12.1 Å². The van der Waals surface area contributed by atoms with E-state index >= 15 is 0 Å². The molecule has 1 aliphatic rings. The van der Waals surface area contributed by atoms with Crippen LogP contribution in [-0.4, -0.2) is 47.9 Å². The molecular formula is C18H29N3O2S. The number of carbonyl (C=O) groups is 2. The van der Waals surface area contributed by atoms with Gasteiger partial charge in [-0.3, -0.25) is 4.79 Å². The zero-order valence-corrected chi connectivity index (χ0v) is 15.8. The van der Waals surface area contributed by atoms with Gasteiger partial charge in [0.25, 0.3) is 0 Å². The number of nitrogens with zero attached hydrogens (tertiary/aromatic N) is 2. The minimum Gasteiger partial charge on any atom is -0.351 e. The molecule has 1 saturated heterocycles. The number of likely N-dealkylation sites (tertiary alicyclic amines) is 1. The van der Waals surface area contributed by atoms with Crippen molar-refractivity contribution in [2.24, 2.45) is 5.92 Å². The lowest BCUT2D eigenvalue weighted by Gasteiger charge is -2.34. The topological polar surface area (TPSA) is 52.7 Å². The molecule has 1 aliphatic heterocycles. The molecule has 0 bridgehead atoms. The molecule has 1 aromatic heterocycles. The van der Waals surface area contributed by atoms with E-state index in [0.29, 0.717) is 19.6 Å². The normalized spacial score (nSPS) is 15.4. The third-order valence-electron chi connectivity index (χ3n) is 4.67. The first-order valence-corrected chi connectivity index (χ1v) is 9.79. The summed E-state index contributed by atoms with van der Waals surface area (Å²) < 4.78 is 0. The highest BCUT2D eigenvalue weighted by Crippen LogP contribution is 2.20. The fourth-order valence-electron chi connectivity index (χ4n) is 3.05. The minimum absolute atomic E-state index is 0.0244. The average Bonchev–Trinajstić information content (AvgIpc) is 3.09. The Hall–Kier alpha value is -1.56. The predicted molar refractivity (Wildman–Crippen MR) is 98.2 cm³/mol. The van der Waals surface area contributed by atoms with Crippen LogP contribution in [0, 0.1) is 5.92 Å². The Bertz CT molecular complexity index is 546. The Labute approximate surface area is 149 Å². The molecule has 3 amide bonds. The van der Waals surface area contributed by atoms with Crippen LogP contribution < -0.4 is 5.32 Å². The molecule has 0 radical (unpaired) electrons. The minimum atomic E-state index is 0.0244. The van der Waals surface area contributed by atoms with E-state index in [0.717, 1.165) is 32.4 Å². The number of hydrogen-bond acceptors (Lipinski definition) is 3. The van der Waals surface area contributed by atoms with Crippen LogP contribution in [-0.2, 0) is 17.8 Å². The average molecular weight is 352 g/mol. The Kier molecular flexibility index (Phi) is 7.09. The Morgan fingerprint density at radius 2 is 1.79 bits per heavy atom. The Morgan fingerprint density at radius 3 is 2.33 bits per heavy atom. The number of thiophene rings is 1. The molecule has 5 nitrogen and oxygen atoms in total. The molecule has 6 heteroatoms. The summed E-state index contributed by atoms with van der Waals surface area (Å²) in [5.74, 6) is 0.146. The Morgan fingerprint density at radius 1 is 1.17 bits per heavy atom. The van der Waals surface area contributed by atoms with E-state index in [4.69, 9.17) is 0 Å². The van der Waals surface area contributed by atoms with E-state index in [1.807, 2.05) is 23.6 Å². The number of aryl methyl sites for hydroxylation is 1. The van der Waals surface area contributed by atoms with E-state index in [9.17, 15) is 9.59 Å². The third kappa shape index (κ3) is 4.72. The van der Waals surface area contributed by atoms with Gasteiger partial charge in [-0.15, -0.1) is 11.3 Å². The van der Waals surface area contributed by atoms with Crippen molar-refractivity contribution in [2.45, 2.75) is 46.6 Å². The zero-order valence-electron chi connectivity index (χ0n) is 15.0. The van der Waals surface area contributed by atoms with Gasteiger partial charge in [-0.1, -0.05) is 6.92 Å². The van der Waals surface area contributed by atoms with Crippen molar-refractivity contribution in [3.63, 3.8) is 0 Å². The van der Waals surface area contributed by atoms with Crippen LogP contribution in [0.25, 0.3) is 0 Å². The molecule has 2 rings (SSSR count). The van der Waals surface area contributed by atoms with Crippen LogP contribution in [0.5, 0.6) is 0 Å². The van der Waals surface area contributed by atoms with Gasteiger partial charge in [0.05, 0.1) is 6.54 Å². The highest BCUT2D eigenvalue weighted by Gasteiger charge is 2.28. The molecule has 0 unspecified atom stereocenters. The molecular weight excluding hydrogens is 322 g/mol. The van der Waals surface area contributed by atoms with Crippen molar-refractivity contribution >= 4 is 23.3 Å². The monoisotopic (exact) mass is 351 g/mol. The molecule has 1 aromatic rings. The SMILES string of the molecule is CCc1ccc(CNC(=O)C2CCN(C(=O)N(CC)CC)CC2)s1. The van der Waals surface area contributed by atoms with Crippen LogP contribution in [0.4, 0.5) is 4.79 Å². The number of nitrogens with one attached hydrogen (secondary N) is 1. The van der Waals surface area contributed by atoms with Crippen molar-refractivity contribution in [2.75, 3.05) is 26.2 Å². The van der Waals surface area contributed by atoms with Gasteiger partial charge in [-0.25, -0.2) is 4.79 Å². The number of amides is 3. The van der Waals surface area contributed by atoms with Crippen LogP contribution >= 0.6 is 11.3 Å². The van der Waals surface area contributed by atoms with Crippen LogP contribution in [0.3, 0.4) is 0 Å². The maximum Gasteiger partial charge on any atom is 0.319 e. The summed E-state index contributed by atoms with van der Waals surface area (Å²) in [4.78, 5) is 30.9. The van der Waals surface area contributed by atoms with Gasteiger partial charge < -0.3 is 15.1 Å². The summed E-state index contributed by atoms with van der Waals surface area (Å²) in [7, 11) is 0. The van der Waals surface area contributed by atoms with Crippen molar-refractivity contribution in [1.29, 1.82) is 0 Å². The van der Waals surface area contributed by atoms with Crippen LogP contribution in [0.1, 0.15) is 43.4 Å². The van der Waals surface area contributed by atoms with E-state index < -0.39 is 0 Å². The highest BCUT2D eigenvalue weighted by atomic mass is 32.1. The smallest absolute Gasteiger partial charge is 0.319 e. The fraction of sp³-hybridized carbons (Fsp3) is 0.667. The molecule has 0 saturated carbocycles. The number of urea groups is 1. The number of hydrogen-bond donors (Lipinski definition) is 1. The van der Waals surface area contributed by atoms with Gasteiger partial charge in [0.2, 0.25) is 5.91 Å². The molecule has 0 spiro atoms. The summed E-state index contributed by atoms with van der Waals surface area (Å²) in [6.07, 6.45) is 2.55. The molecule has 1 fully saturated rings. The summed E-state index contributed by atoms with van der Waals surface area (Å²) >= 11 is 1.76. The van der Waals surface area contributed by atoms with Gasteiger partial charge in [0, 0.05) is 41.9 Å². The largest absolute Gasteiger partial charge is 0.351 e. The summed E-state index contributed by atoms with van der Waals surface area (Å²) in [5.41, 5.74) is 0. The molecule has 0 atom stereocenters. The zero-order chi connectivity index (χ0) is 17.5. The second-order valence-electron chi connectivity index (χ2n) is 6.16. The van der Waals surface area contributed by atoms with Gasteiger partial charge in [0.15, 0.2) is 0 Å². The van der Waals surface area contributed by atoms with Gasteiger partial charge in [0.1, 0.15) is 0 Å². The predicted octanol–water partition coefficient (Wildman–Crippen LogP) is 3.10. The molecule has 24 heavy (non-hydrogen) atoms. The summed E-state index contributed by atoms with van der Waals surface area (Å²) in [6.45, 7) is 9.56. The lowest BCUT2D eigenvalue weighted by molar-refractivity contribution is -0.126. The molecule has 2 heterocycles. The van der Waals surface area contributed by atoms with Crippen molar-refractivity contribution in [3.05, 3.63) is 21.9 Å². The third-order valence-corrected chi connectivity index (χ3v) is 5.90. The number of carbonyl (C=O) groups excluding carboxylic acids is 2. The second kappa shape index (κ2) is 9.06. The van der Waals surface area contributed by atoms with Crippen molar-refractivity contribution in [1.82, 2.24) is 15.1 Å². The molecule has 0 aliphatic carbocycles. The van der Waals surface area contributed by atoms with Gasteiger partial charge in [-0.2, -0.15) is 0 Å². The van der Waals surface area contributed by atoms with E-state index in [-0.39, 0.29) is 17.9 Å². The lowest BCUT2D eigenvalue weighted by atomic mass is 9.96. The molecule has 134 valence electrons. The number of rotatable bonds is 6. The maximum atomic E-state index is 12.4.